The average Bonchev–Trinajstić information content (AvgIpc) is 2.70. The Morgan fingerprint density at radius 2 is 1.85 bits per heavy atom. The molecule has 34 heavy (non-hydrogen) atoms. The number of aliphatic carboxylic acids is 1. The van der Waals surface area contributed by atoms with Gasteiger partial charge in [-0.15, -0.1) is 0 Å². The summed E-state index contributed by atoms with van der Waals surface area (Å²) in [5.41, 5.74) is 3.93. The van der Waals surface area contributed by atoms with Gasteiger partial charge in [0.25, 0.3) is 0 Å². The third-order valence-corrected chi connectivity index (χ3v) is 6.06. The lowest BCUT2D eigenvalue weighted by Gasteiger charge is -2.41. The Labute approximate surface area is 197 Å². The lowest BCUT2D eigenvalue weighted by Crippen LogP contribution is -2.45. The van der Waals surface area contributed by atoms with Gasteiger partial charge in [0.1, 0.15) is 5.75 Å². The van der Waals surface area contributed by atoms with Crippen LogP contribution in [0.4, 0.5) is 18.9 Å². The van der Waals surface area contributed by atoms with Crippen molar-refractivity contribution in [3.05, 3.63) is 47.0 Å². The van der Waals surface area contributed by atoms with Crippen molar-refractivity contribution >= 4 is 17.6 Å². The summed E-state index contributed by atoms with van der Waals surface area (Å²) < 4.78 is 43.9. The summed E-state index contributed by atoms with van der Waals surface area (Å²) in [5, 5.41) is 9.03. The number of anilines is 1. The fourth-order valence-corrected chi connectivity index (χ4v) is 4.47. The summed E-state index contributed by atoms with van der Waals surface area (Å²) in [6.45, 7) is 8.28. The molecule has 0 spiro atoms. The number of alkyl halides is 3. The summed E-state index contributed by atoms with van der Waals surface area (Å²) in [6, 6.07) is 8.45. The van der Waals surface area contributed by atoms with Crippen LogP contribution in [-0.4, -0.2) is 35.8 Å². The van der Waals surface area contributed by atoms with Crippen LogP contribution in [0.25, 0.3) is 11.1 Å². The molecule has 2 aromatic rings. The highest BCUT2D eigenvalue weighted by atomic mass is 19.4. The first kappa shape index (κ1) is 25.6. The van der Waals surface area contributed by atoms with Gasteiger partial charge < -0.3 is 14.7 Å². The number of hydrogen-bond acceptors (Lipinski definition) is 3. The maximum absolute atomic E-state index is 13.0. The van der Waals surface area contributed by atoms with Gasteiger partial charge in [0.2, 0.25) is 5.91 Å². The number of ether oxygens (including phenoxy) is 1. The van der Waals surface area contributed by atoms with E-state index in [9.17, 15) is 22.8 Å². The van der Waals surface area contributed by atoms with E-state index in [1.54, 1.807) is 17.0 Å². The minimum atomic E-state index is -4.50. The molecule has 1 aliphatic rings. The molecular formula is C26H30F3NO4. The van der Waals surface area contributed by atoms with E-state index in [2.05, 4.69) is 0 Å². The van der Waals surface area contributed by atoms with Crippen LogP contribution in [0.5, 0.6) is 5.75 Å². The maximum atomic E-state index is 13.0. The van der Waals surface area contributed by atoms with Crippen molar-refractivity contribution in [1.29, 1.82) is 0 Å². The first-order valence-corrected chi connectivity index (χ1v) is 11.2. The van der Waals surface area contributed by atoms with Crippen molar-refractivity contribution in [1.82, 2.24) is 0 Å². The van der Waals surface area contributed by atoms with Crippen molar-refractivity contribution < 1.29 is 32.6 Å². The minimum absolute atomic E-state index is 0.00828. The van der Waals surface area contributed by atoms with Crippen molar-refractivity contribution in [3.63, 3.8) is 0 Å². The van der Waals surface area contributed by atoms with Gasteiger partial charge in [-0.1, -0.05) is 26.0 Å². The van der Waals surface area contributed by atoms with Crippen LogP contribution >= 0.6 is 0 Å². The molecule has 5 nitrogen and oxygen atoms in total. The van der Waals surface area contributed by atoms with E-state index in [1.165, 1.54) is 6.07 Å². The number of nitrogens with zero attached hydrogens (tertiary/aromatic N) is 1. The van der Waals surface area contributed by atoms with E-state index in [4.69, 9.17) is 9.84 Å². The van der Waals surface area contributed by atoms with E-state index in [1.807, 2.05) is 46.8 Å². The number of carbonyl (C=O) groups is 2. The van der Waals surface area contributed by atoms with E-state index in [0.29, 0.717) is 23.1 Å². The molecule has 0 saturated carbocycles. The van der Waals surface area contributed by atoms with Gasteiger partial charge in [-0.2, -0.15) is 13.2 Å². The number of carbonyl (C=O) groups excluding carboxylic acids is 1. The zero-order valence-corrected chi connectivity index (χ0v) is 20.0. The second kappa shape index (κ2) is 9.31. The highest BCUT2D eigenvalue weighted by molar-refractivity contribution is 5.99. The molecule has 0 bridgehead atoms. The van der Waals surface area contributed by atoms with E-state index in [0.717, 1.165) is 16.8 Å². The first-order valence-electron chi connectivity index (χ1n) is 11.2. The number of carboxylic acid groups (broad SMARTS) is 1. The van der Waals surface area contributed by atoms with Gasteiger partial charge in [0.05, 0.1) is 0 Å². The summed E-state index contributed by atoms with van der Waals surface area (Å²) in [6.07, 6.45) is -4.01. The Hall–Kier alpha value is -3.03. The quantitative estimate of drug-likeness (QED) is 0.528. The number of rotatable bonds is 7. The van der Waals surface area contributed by atoms with Crippen LogP contribution in [0.3, 0.4) is 0 Å². The standard InChI is InChI=1S/C26H30F3NO4/c1-15(2)30-21-12-18(16(3)10-20(21)25(4,5)13-23(30)31)19-11-17(7-9-24(32)33)6-8-22(19)34-14-26(27,28)29/h6,8,10-12,15H,7,9,13-14H2,1-5H3,(H,32,33). The number of halogens is 3. The van der Waals surface area contributed by atoms with Gasteiger partial charge in [0.15, 0.2) is 6.61 Å². The Balaban J connectivity index is 2.19. The van der Waals surface area contributed by atoms with Crippen LogP contribution in [0.1, 0.15) is 57.2 Å². The second-order valence-corrected chi connectivity index (χ2v) is 9.73. The van der Waals surface area contributed by atoms with E-state index < -0.39 is 18.8 Å². The molecule has 0 atom stereocenters. The van der Waals surface area contributed by atoms with Crippen LogP contribution in [-0.2, 0) is 21.4 Å². The molecule has 0 saturated heterocycles. The van der Waals surface area contributed by atoms with Gasteiger partial charge in [-0.05, 0) is 67.6 Å². The molecule has 8 heteroatoms. The first-order chi connectivity index (χ1) is 15.7. The molecule has 3 rings (SSSR count). The lowest BCUT2D eigenvalue weighted by molar-refractivity contribution is -0.153. The number of amides is 1. The predicted octanol–water partition coefficient (Wildman–Crippen LogP) is 6.04. The molecule has 2 aromatic carbocycles. The zero-order chi connectivity index (χ0) is 25.4. The molecule has 0 unspecified atom stereocenters. The molecule has 184 valence electrons. The summed E-state index contributed by atoms with van der Waals surface area (Å²) >= 11 is 0. The SMILES string of the molecule is Cc1cc2c(cc1-c1cc(CCC(=O)O)ccc1OCC(F)(F)F)N(C(C)C)C(=O)CC2(C)C. The average molecular weight is 478 g/mol. The highest BCUT2D eigenvalue weighted by Crippen LogP contribution is 2.45. The Morgan fingerprint density at radius 3 is 2.44 bits per heavy atom. The summed E-state index contributed by atoms with van der Waals surface area (Å²) in [4.78, 5) is 25.7. The molecule has 0 aliphatic carbocycles. The third-order valence-electron chi connectivity index (χ3n) is 6.06. The van der Waals surface area contributed by atoms with Crippen molar-refractivity contribution in [2.45, 2.75) is 71.5 Å². The summed E-state index contributed by atoms with van der Waals surface area (Å²) in [5.74, 6) is -0.916. The summed E-state index contributed by atoms with van der Waals surface area (Å²) in [7, 11) is 0. The van der Waals surface area contributed by atoms with Gasteiger partial charge in [-0.3, -0.25) is 9.59 Å². The van der Waals surface area contributed by atoms with E-state index >= 15 is 0 Å². The molecule has 1 heterocycles. The monoisotopic (exact) mass is 477 g/mol. The van der Waals surface area contributed by atoms with Gasteiger partial charge >= 0.3 is 12.1 Å². The second-order valence-electron chi connectivity index (χ2n) is 9.73. The fraction of sp³-hybridized carbons (Fsp3) is 0.462. The van der Waals surface area contributed by atoms with Gasteiger partial charge in [0, 0.05) is 35.5 Å². The van der Waals surface area contributed by atoms with Crippen molar-refractivity contribution in [2.75, 3.05) is 11.5 Å². The fourth-order valence-electron chi connectivity index (χ4n) is 4.47. The van der Waals surface area contributed by atoms with Crippen LogP contribution in [0, 0.1) is 6.92 Å². The maximum Gasteiger partial charge on any atom is 0.422 e. The molecular weight excluding hydrogens is 447 g/mol. The lowest BCUT2D eigenvalue weighted by atomic mass is 9.75. The zero-order valence-electron chi connectivity index (χ0n) is 20.0. The minimum Gasteiger partial charge on any atom is -0.483 e. The Kier molecular flexibility index (Phi) is 7.01. The third kappa shape index (κ3) is 5.54. The number of fused-ring (bicyclic) bond motifs is 1. The van der Waals surface area contributed by atoms with Crippen LogP contribution < -0.4 is 9.64 Å². The Bertz CT molecular complexity index is 1110. The van der Waals surface area contributed by atoms with Crippen LogP contribution in [0.15, 0.2) is 30.3 Å². The molecule has 0 aromatic heterocycles. The number of hydrogen-bond donors (Lipinski definition) is 1. The molecule has 0 fully saturated rings. The number of benzene rings is 2. The number of aryl methyl sites for hydroxylation is 2. The highest BCUT2D eigenvalue weighted by Gasteiger charge is 2.38. The van der Waals surface area contributed by atoms with Crippen molar-refractivity contribution in [3.8, 4) is 16.9 Å². The van der Waals surface area contributed by atoms with Crippen molar-refractivity contribution in [2.24, 2.45) is 0 Å². The normalized spacial score (nSPS) is 15.4. The largest absolute Gasteiger partial charge is 0.483 e. The Morgan fingerprint density at radius 1 is 1.18 bits per heavy atom. The molecule has 1 N–H and O–H groups in total. The molecule has 1 amide bonds. The molecule has 1 aliphatic heterocycles. The van der Waals surface area contributed by atoms with E-state index in [-0.39, 0.29) is 36.0 Å². The predicted molar refractivity (Wildman–Crippen MR) is 124 cm³/mol. The van der Waals surface area contributed by atoms with Gasteiger partial charge in [-0.25, -0.2) is 0 Å². The topological polar surface area (TPSA) is 66.8 Å². The molecule has 0 radical (unpaired) electrons. The van der Waals surface area contributed by atoms with Crippen LogP contribution in [0.2, 0.25) is 0 Å². The number of carboxylic acids is 1. The smallest absolute Gasteiger partial charge is 0.422 e.